The maximum atomic E-state index is 14.6. The molecule has 36 heavy (non-hydrogen) atoms. The Labute approximate surface area is 209 Å². The molecule has 0 aliphatic carbocycles. The lowest BCUT2D eigenvalue weighted by atomic mass is 10.1. The van der Waals surface area contributed by atoms with Gasteiger partial charge in [0, 0.05) is 31.5 Å². The number of nitrogens with one attached hydrogen (secondary N) is 2. The lowest BCUT2D eigenvalue weighted by Crippen LogP contribution is -2.27. The van der Waals surface area contributed by atoms with E-state index in [-0.39, 0.29) is 39.9 Å². The van der Waals surface area contributed by atoms with Gasteiger partial charge in [0.25, 0.3) is 11.8 Å². The molecule has 2 N–H and O–H groups in total. The summed E-state index contributed by atoms with van der Waals surface area (Å²) < 4.78 is 35.2. The molecule has 0 spiro atoms. The van der Waals surface area contributed by atoms with Crippen molar-refractivity contribution in [3.8, 4) is 16.9 Å². The van der Waals surface area contributed by atoms with Crippen molar-refractivity contribution in [2.24, 2.45) is 0 Å². The summed E-state index contributed by atoms with van der Waals surface area (Å²) in [6.07, 6.45) is 1.31. The first-order chi connectivity index (χ1) is 17.4. The summed E-state index contributed by atoms with van der Waals surface area (Å²) >= 11 is 6.16. The van der Waals surface area contributed by atoms with Crippen LogP contribution in [0.25, 0.3) is 16.9 Å². The van der Waals surface area contributed by atoms with Crippen LogP contribution in [0.15, 0.2) is 66.9 Å². The molecule has 0 saturated carbocycles. The van der Waals surface area contributed by atoms with Crippen molar-refractivity contribution in [3.05, 3.63) is 94.8 Å². The van der Waals surface area contributed by atoms with Gasteiger partial charge in [0.1, 0.15) is 23.1 Å². The Kier molecular flexibility index (Phi) is 7.67. The van der Waals surface area contributed by atoms with Crippen LogP contribution in [0.5, 0.6) is 0 Å². The maximum absolute atomic E-state index is 14.6. The van der Waals surface area contributed by atoms with E-state index in [9.17, 15) is 18.4 Å². The van der Waals surface area contributed by atoms with E-state index in [2.05, 4.69) is 20.7 Å². The highest BCUT2D eigenvalue weighted by molar-refractivity contribution is 6.34. The van der Waals surface area contributed by atoms with E-state index < -0.39 is 23.4 Å². The minimum atomic E-state index is -0.835. The van der Waals surface area contributed by atoms with Gasteiger partial charge in [-0.1, -0.05) is 29.8 Å². The topological polar surface area (TPSA) is 98.1 Å². The average molecular weight is 512 g/mol. The molecule has 0 atom stereocenters. The highest BCUT2D eigenvalue weighted by atomic mass is 35.5. The molecule has 2 aromatic carbocycles. The molecule has 0 saturated heterocycles. The predicted molar refractivity (Wildman–Crippen MR) is 130 cm³/mol. The Morgan fingerprint density at radius 1 is 1.03 bits per heavy atom. The largest absolute Gasteiger partial charge is 0.383 e. The fraction of sp³-hybridized carbons (Fsp3) is 0.120. The number of hydrogen-bond acceptors (Lipinski definition) is 5. The van der Waals surface area contributed by atoms with Crippen molar-refractivity contribution in [2.75, 3.05) is 25.6 Å². The van der Waals surface area contributed by atoms with Crippen molar-refractivity contribution in [2.45, 2.75) is 0 Å². The molecule has 2 aromatic heterocycles. The molecule has 0 aliphatic rings. The van der Waals surface area contributed by atoms with Crippen LogP contribution in [0.1, 0.15) is 20.8 Å². The van der Waals surface area contributed by atoms with Gasteiger partial charge >= 0.3 is 0 Å². The van der Waals surface area contributed by atoms with Gasteiger partial charge in [0.2, 0.25) is 0 Å². The number of halogens is 3. The third-order valence-corrected chi connectivity index (χ3v) is 5.40. The zero-order valence-electron chi connectivity index (χ0n) is 19.0. The Balaban J connectivity index is 1.69. The summed E-state index contributed by atoms with van der Waals surface area (Å²) in [6.45, 7) is 0.588. The van der Waals surface area contributed by atoms with Gasteiger partial charge in [-0.25, -0.2) is 13.5 Å². The summed E-state index contributed by atoms with van der Waals surface area (Å²) in [5, 5.41) is 9.45. The number of amides is 2. The fourth-order valence-corrected chi connectivity index (χ4v) is 3.61. The van der Waals surface area contributed by atoms with Crippen molar-refractivity contribution in [3.63, 3.8) is 0 Å². The minimum absolute atomic E-state index is 0.0479. The minimum Gasteiger partial charge on any atom is -0.383 e. The van der Waals surface area contributed by atoms with Gasteiger partial charge in [0.05, 0.1) is 22.9 Å². The molecule has 0 aliphatic heterocycles. The molecular formula is C25H20ClF2N5O3. The van der Waals surface area contributed by atoms with Gasteiger partial charge in [-0.2, -0.15) is 5.10 Å². The van der Waals surface area contributed by atoms with Crippen molar-refractivity contribution in [1.29, 1.82) is 0 Å². The quantitative estimate of drug-likeness (QED) is 0.340. The van der Waals surface area contributed by atoms with Crippen molar-refractivity contribution < 1.29 is 23.1 Å². The maximum Gasteiger partial charge on any atom is 0.271 e. The van der Waals surface area contributed by atoms with Crippen LogP contribution >= 0.6 is 11.6 Å². The standard InChI is InChI=1S/C25H20ClF2N5O3/c1-36-11-10-30-25(35)21-14-22(33(32-21)15-6-3-2-4-7-15)31-24(34)16-12-17(20(28)13-18(16)26)23-19(27)8-5-9-29-23/h2-9,12-14H,10-11H2,1H3,(H,30,35)(H,31,34). The van der Waals surface area contributed by atoms with E-state index in [0.717, 1.165) is 18.2 Å². The number of hydrogen-bond donors (Lipinski definition) is 2. The molecule has 0 bridgehead atoms. The number of anilines is 1. The highest BCUT2D eigenvalue weighted by Crippen LogP contribution is 2.30. The van der Waals surface area contributed by atoms with E-state index >= 15 is 0 Å². The third kappa shape index (κ3) is 5.40. The smallest absolute Gasteiger partial charge is 0.271 e. The Bertz CT molecular complexity index is 1410. The first-order valence-electron chi connectivity index (χ1n) is 10.7. The van der Waals surface area contributed by atoms with E-state index in [1.165, 1.54) is 30.1 Å². The first kappa shape index (κ1) is 25.0. The molecule has 4 rings (SSSR count). The van der Waals surface area contributed by atoms with Crippen LogP contribution in [0.3, 0.4) is 0 Å². The van der Waals surface area contributed by atoms with E-state index in [0.29, 0.717) is 12.3 Å². The number of nitrogens with zero attached hydrogens (tertiary/aromatic N) is 3. The van der Waals surface area contributed by atoms with Crippen LogP contribution in [0.2, 0.25) is 5.02 Å². The average Bonchev–Trinajstić information content (AvgIpc) is 3.29. The lowest BCUT2D eigenvalue weighted by Gasteiger charge is -2.11. The van der Waals surface area contributed by atoms with Gasteiger partial charge in [-0.05, 0) is 36.4 Å². The Morgan fingerprint density at radius 3 is 2.53 bits per heavy atom. The lowest BCUT2D eigenvalue weighted by molar-refractivity contribution is 0.0931. The zero-order valence-corrected chi connectivity index (χ0v) is 19.7. The number of rotatable bonds is 8. The second kappa shape index (κ2) is 11.1. The predicted octanol–water partition coefficient (Wildman–Crippen LogP) is 4.49. The van der Waals surface area contributed by atoms with Crippen LogP contribution in [-0.4, -0.2) is 46.8 Å². The molecule has 4 aromatic rings. The number of pyridine rings is 1. The molecule has 2 heterocycles. The Hall–Kier alpha value is -4.15. The first-order valence-corrected chi connectivity index (χ1v) is 11.1. The van der Waals surface area contributed by atoms with Gasteiger partial charge in [-0.15, -0.1) is 0 Å². The van der Waals surface area contributed by atoms with Gasteiger partial charge in [0.15, 0.2) is 5.69 Å². The zero-order chi connectivity index (χ0) is 25.7. The number of methoxy groups -OCH3 is 1. The summed E-state index contributed by atoms with van der Waals surface area (Å²) in [6, 6.07) is 14.8. The summed E-state index contributed by atoms with van der Waals surface area (Å²) in [4.78, 5) is 29.6. The number of ether oxygens (including phenoxy) is 1. The Morgan fingerprint density at radius 2 is 1.81 bits per heavy atom. The molecular weight excluding hydrogens is 492 g/mol. The third-order valence-electron chi connectivity index (χ3n) is 5.09. The number of aromatic nitrogens is 3. The number of para-hydroxylation sites is 1. The summed E-state index contributed by atoms with van der Waals surface area (Å²) in [5.41, 5.74) is 0.0180. The van der Waals surface area contributed by atoms with Gasteiger partial charge < -0.3 is 15.4 Å². The van der Waals surface area contributed by atoms with E-state index in [1.807, 2.05) is 0 Å². The molecule has 2 amide bonds. The molecule has 0 unspecified atom stereocenters. The molecule has 184 valence electrons. The second-order valence-electron chi connectivity index (χ2n) is 7.51. The molecule has 8 nitrogen and oxygen atoms in total. The second-order valence-corrected chi connectivity index (χ2v) is 7.92. The summed E-state index contributed by atoms with van der Waals surface area (Å²) in [7, 11) is 1.51. The monoisotopic (exact) mass is 511 g/mol. The SMILES string of the molecule is COCCNC(=O)c1cc(NC(=O)c2cc(-c3ncccc3F)c(F)cc2Cl)n(-c2ccccc2)n1. The van der Waals surface area contributed by atoms with E-state index in [1.54, 1.807) is 30.3 Å². The van der Waals surface area contributed by atoms with Crippen LogP contribution < -0.4 is 10.6 Å². The number of carbonyl (C=O) groups is 2. The number of benzene rings is 2. The van der Waals surface area contributed by atoms with Crippen LogP contribution in [0, 0.1) is 11.6 Å². The van der Waals surface area contributed by atoms with Crippen molar-refractivity contribution >= 4 is 29.2 Å². The van der Waals surface area contributed by atoms with Crippen LogP contribution in [0.4, 0.5) is 14.6 Å². The molecule has 11 heteroatoms. The fourth-order valence-electron chi connectivity index (χ4n) is 3.38. The highest BCUT2D eigenvalue weighted by Gasteiger charge is 2.22. The van der Waals surface area contributed by atoms with E-state index in [4.69, 9.17) is 16.3 Å². The van der Waals surface area contributed by atoms with Gasteiger partial charge in [-0.3, -0.25) is 14.6 Å². The molecule has 0 radical (unpaired) electrons. The van der Waals surface area contributed by atoms with Crippen LogP contribution in [-0.2, 0) is 4.74 Å². The summed E-state index contributed by atoms with van der Waals surface area (Å²) in [5.74, 6) is -2.62. The normalized spacial score (nSPS) is 10.8. The number of carbonyl (C=O) groups excluding carboxylic acids is 2. The van der Waals surface area contributed by atoms with Crippen molar-refractivity contribution in [1.82, 2.24) is 20.1 Å². The molecule has 0 fully saturated rings.